The first kappa shape index (κ1) is 15.3. The van der Waals surface area contributed by atoms with Gasteiger partial charge in [-0.1, -0.05) is 0 Å². The minimum absolute atomic E-state index is 0.0953. The number of carbonyl (C=O) groups is 1. The second kappa shape index (κ2) is 6.24. The highest BCUT2D eigenvalue weighted by Gasteiger charge is 2.47. The third kappa shape index (κ3) is 2.95. The summed E-state index contributed by atoms with van der Waals surface area (Å²) in [6.45, 7) is 0.497. The molecule has 1 aromatic carbocycles. The van der Waals surface area contributed by atoms with Crippen LogP contribution < -0.4 is 15.8 Å². The van der Waals surface area contributed by atoms with Crippen molar-refractivity contribution in [1.82, 2.24) is 5.32 Å². The number of benzene rings is 1. The lowest BCUT2D eigenvalue weighted by Crippen LogP contribution is -2.44. The number of halogens is 1. The fourth-order valence-electron chi connectivity index (χ4n) is 3.90. The predicted octanol–water partition coefficient (Wildman–Crippen LogP) is 1.87. The normalized spacial score (nSPS) is 29.6. The molecular formula is C17H23FN2O2. The summed E-state index contributed by atoms with van der Waals surface area (Å²) in [7, 11) is 1.56. The highest BCUT2D eigenvalue weighted by Crippen LogP contribution is 2.48. The zero-order valence-electron chi connectivity index (χ0n) is 12.8. The van der Waals surface area contributed by atoms with Crippen LogP contribution in [-0.2, 0) is 11.2 Å². The number of ether oxygens (including phenoxy) is 1. The highest BCUT2D eigenvalue weighted by atomic mass is 19.1. The van der Waals surface area contributed by atoms with Crippen molar-refractivity contribution in [3.63, 3.8) is 0 Å². The van der Waals surface area contributed by atoms with E-state index < -0.39 is 0 Å². The maximum absolute atomic E-state index is 13.3. The van der Waals surface area contributed by atoms with Crippen LogP contribution in [0, 0.1) is 23.6 Å². The average molecular weight is 306 g/mol. The number of amides is 1. The molecule has 3 N–H and O–H groups in total. The van der Waals surface area contributed by atoms with Gasteiger partial charge in [0.05, 0.1) is 7.11 Å². The number of nitrogens with two attached hydrogens (primary N) is 1. The minimum atomic E-state index is -0.288. The van der Waals surface area contributed by atoms with Gasteiger partial charge in [0.15, 0.2) is 0 Å². The Morgan fingerprint density at radius 1 is 1.41 bits per heavy atom. The van der Waals surface area contributed by atoms with Crippen molar-refractivity contribution in [2.24, 2.45) is 23.5 Å². The Hall–Kier alpha value is -1.62. The summed E-state index contributed by atoms with van der Waals surface area (Å²) < 4.78 is 18.5. The van der Waals surface area contributed by atoms with Crippen LogP contribution >= 0.6 is 0 Å². The maximum atomic E-state index is 13.3. The predicted molar refractivity (Wildman–Crippen MR) is 82.0 cm³/mol. The number of carbonyl (C=O) groups excluding carboxylic acids is 1. The van der Waals surface area contributed by atoms with Crippen LogP contribution in [0.25, 0.3) is 0 Å². The molecule has 5 heteroatoms. The average Bonchev–Trinajstić information content (AvgIpc) is 2.85. The molecule has 0 spiro atoms. The first-order valence-electron chi connectivity index (χ1n) is 7.94. The summed E-state index contributed by atoms with van der Waals surface area (Å²) >= 11 is 0. The van der Waals surface area contributed by atoms with E-state index >= 15 is 0 Å². The van der Waals surface area contributed by atoms with Crippen LogP contribution in [0.2, 0.25) is 0 Å². The largest absolute Gasteiger partial charge is 0.496 e. The lowest BCUT2D eigenvalue weighted by Gasteiger charge is -2.37. The molecule has 1 aromatic rings. The Balaban J connectivity index is 1.49. The van der Waals surface area contributed by atoms with E-state index in [0.717, 1.165) is 24.8 Å². The van der Waals surface area contributed by atoms with Crippen molar-refractivity contribution < 1.29 is 13.9 Å². The van der Waals surface area contributed by atoms with Gasteiger partial charge in [0.2, 0.25) is 5.91 Å². The number of methoxy groups -OCH3 is 1. The Kier molecular flexibility index (Phi) is 4.34. The zero-order chi connectivity index (χ0) is 15.7. The van der Waals surface area contributed by atoms with E-state index in [-0.39, 0.29) is 17.6 Å². The van der Waals surface area contributed by atoms with Gasteiger partial charge in [-0.05, 0) is 61.3 Å². The monoisotopic (exact) mass is 306 g/mol. The fourth-order valence-corrected chi connectivity index (χ4v) is 3.90. The topological polar surface area (TPSA) is 64.3 Å². The standard InChI is InChI=1S/C17H23FN2O2/c1-22-16-3-2-13(18)7-10(16)4-5-20-17(21)12-6-11-9-15(19)14(11)8-12/h2-3,7,11-12,14-15H,4-6,8-9,19H2,1H3,(H,20,21)/t11-,12?,14-,15+/m1/s1. The van der Waals surface area contributed by atoms with Crippen molar-refractivity contribution in [2.75, 3.05) is 13.7 Å². The number of hydrogen-bond donors (Lipinski definition) is 2. The van der Waals surface area contributed by atoms with E-state index in [1.54, 1.807) is 13.2 Å². The molecule has 0 heterocycles. The van der Waals surface area contributed by atoms with Crippen LogP contribution in [0.4, 0.5) is 4.39 Å². The molecule has 2 saturated carbocycles. The first-order valence-corrected chi connectivity index (χ1v) is 7.94. The van der Waals surface area contributed by atoms with Gasteiger partial charge in [-0.3, -0.25) is 4.79 Å². The summed E-state index contributed by atoms with van der Waals surface area (Å²) in [6, 6.07) is 4.74. The van der Waals surface area contributed by atoms with Crippen LogP contribution in [0.1, 0.15) is 24.8 Å². The molecule has 0 bridgehead atoms. The third-order valence-electron chi connectivity index (χ3n) is 5.18. The molecule has 4 atom stereocenters. The summed E-state index contributed by atoms with van der Waals surface area (Å²) in [6.07, 6.45) is 3.51. The van der Waals surface area contributed by atoms with Crippen molar-refractivity contribution in [3.05, 3.63) is 29.6 Å². The fraction of sp³-hybridized carbons (Fsp3) is 0.588. The molecule has 120 valence electrons. The molecule has 1 amide bonds. The third-order valence-corrected chi connectivity index (χ3v) is 5.18. The molecule has 22 heavy (non-hydrogen) atoms. The molecule has 0 aliphatic heterocycles. The number of fused-ring (bicyclic) bond motifs is 1. The molecule has 3 rings (SSSR count). The lowest BCUT2D eigenvalue weighted by atomic mass is 9.72. The summed E-state index contributed by atoms with van der Waals surface area (Å²) in [5.74, 6) is 1.76. The van der Waals surface area contributed by atoms with Crippen molar-refractivity contribution in [2.45, 2.75) is 31.7 Å². The van der Waals surface area contributed by atoms with E-state index in [1.807, 2.05) is 0 Å². The smallest absolute Gasteiger partial charge is 0.223 e. The Morgan fingerprint density at radius 3 is 2.91 bits per heavy atom. The summed E-state index contributed by atoms with van der Waals surface area (Å²) in [5, 5.41) is 2.97. The van der Waals surface area contributed by atoms with Crippen LogP contribution in [-0.4, -0.2) is 25.6 Å². The molecule has 2 aliphatic rings. The molecule has 4 nitrogen and oxygen atoms in total. The molecule has 0 saturated heterocycles. The molecule has 2 fully saturated rings. The lowest BCUT2D eigenvalue weighted by molar-refractivity contribution is -0.124. The molecule has 0 radical (unpaired) electrons. The summed E-state index contributed by atoms with van der Waals surface area (Å²) in [4.78, 5) is 12.2. The van der Waals surface area contributed by atoms with Gasteiger partial charge in [-0.25, -0.2) is 4.39 Å². The van der Waals surface area contributed by atoms with Crippen molar-refractivity contribution in [1.29, 1.82) is 0 Å². The molecule has 2 aliphatic carbocycles. The Labute approximate surface area is 130 Å². The van der Waals surface area contributed by atoms with E-state index in [1.165, 1.54) is 12.1 Å². The SMILES string of the molecule is COc1ccc(F)cc1CCNC(=O)C1C[C@@H]2C[C@H](N)[C@@H]2C1. The van der Waals surface area contributed by atoms with Crippen LogP contribution in [0.5, 0.6) is 5.75 Å². The number of nitrogens with one attached hydrogen (secondary N) is 1. The first-order chi connectivity index (χ1) is 10.6. The van der Waals surface area contributed by atoms with Gasteiger partial charge in [0.1, 0.15) is 11.6 Å². The van der Waals surface area contributed by atoms with Gasteiger partial charge < -0.3 is 15.8 Å². The van der Waals surface area contributed by atoms with E-state index in [4.69, 9.17) is 10.5 Å². The van der Waals surface area contributed by atoms with Gasteiger partial charge >= 0.3 is 0 Å². The Morgan fingerprint density at radius 2 is 2.23 bits per heavy atom. The second-order valence-corrected chi connectivity index (χ2v) is 6.49. The number of hydrogen-bond acceptors (Lipinski definition) is 3. The zero-order valence-corrected chi connectivity index (χ0v) is 12.8. The quantitative estimate of drug-likeness (QED) is 0.873. The van der Waals surface area contributed by atoms with Crippen molar-refractivity contribution in [3.8, 4) is 5.75 Å². The maximum Gasteiger partial charge on any atom is 0.223 e. The van der Waals surface area contributed by atoms with Crippen LogP contribution in [0.15, 0.2) is 18.2 Å². The highest BCUT2D eigenvalue weighted by molar-refractivity contribution is 5.79. The summed E-state index contributed by atoms with van der Waals surface area (Å²) in [5.41, 5.74) is 6.74. The van der Waals surface area contributed by atoms with Crippen molar-refractivity contribution >= 4 is 5.91 Å². The van der Waals surface area contributed by atoms with Gasteiger partial charge in [-0.2, -0.15) is 0 Å². The second-order valence-electron chi connectivity index (χ2n) is 6.49. The minimum Gasteiger partial charge on any atom is -0.496 e. The van der Waals surface area contributed by atoms with E-state index in [9.17, 15) is 9.18 Å². The van der Waals surface area contributed by atoms with E-state index in [0.29, 0.717) is 36.6 Å². The van der Waals surface area contributed by atoms with Gasteiger partial charge in [0, 0.05) is 18.5 Å². The number of rotatable bonds is 5. The molecule has 1 unspecified atom stereocenters. The Bertz CT molecular complexity index is 564. The van der Waals surface area contributed by atoms with Gasteiger partial charge in [-0.15, -0.1) is 0 Å². The van der Waals surface area contributed by atoms with Gasteiger partial charge in [0.25, 0.3) is 0 Å². The molecular weight excluding hydrogens is 283 g/mol. The molecule has 0 aromatic heterocycles. The van der Waals surface area contributed by atoms with E-state index in [2.05, 4.69) is 5.32 Å². The van der Waals surface area contributed by atoms with Crippen LogP contribution in [0.3, 0.4) is 0 Å².